The quantitative estimate of drug-likeness (QED) is 0.772. The highest BCUT2D eigenvalue weighted by Crippen LogP contribution is 2.26. The Morgan fingerprint density at radius 2 is 1.62 bits per heavy atom. The lowest BCUT2D eigenvalue weighted by Crippen LogP contribution is -2.52. The zero-order valence-corrected chi connectivity index (χ0v) is 17.6. The Labute approximate surface area is 172 Å². The number of nitrogens with zero attached hydrogens (tertiary/aromatic N) is 3. The molecule has 0 atom stereocenters. The van der Waals surface area contributed by atoms with Gasteiger partial charge in [-0.3, -0.25) is 4.79 Å². The molecule has 0 spiro atoms. The third-order valence-electron chi connectivity index (χ3n) is 5.78. The van der Waals surface area contributed by atoms with Crippen LogP contribution >= 0.6 is 0 Å². The maximum absolute atomic E-state index is 12.9. The van der Waals surface area contributed by atoms with E-state index in [1.165, 1.54) is 9.87 Å². The molecule has 1 saturated heterocycles. The summed E-state index contributed by atoms with van der Waals surface area (Å²) in [6.45, 7) is 4.68. The summed E-state index contributed by atoms with van der Waals surface area (Å²) < 4.78 is 27.2. The van der Waals surface area contributed by atoms with Crippen LogP contribution in [0.4, 0.5) is 5.69 Å². The van der Waals surface area contributed by atoms with Crippen LogP contribution in [0.15, 0.2) is 53.4 Å². The minimum atomic E-state index is -3.51. The summed E-state index contributed by atoms with van der Waals surface area (Å²) in [5.74, 6) is 0.0640. The molecule has 2 heterocycles. The Balaban J connectivity index is 1.37. The number of para-hydroxylation sites is 1. The van der Waals surface area contributed by atoms with Gasteiger partial charge in [0.05, 0.1) is 11.4 Å². The first-order chi connectivity index (χ1) is 13.9. The van der Waals surface area contributed by atoms with Gasteiger partial charge in [0.25, 0.3) is 0 Å². The number of rotatable bonds is 4. The van der Waals surface area contributed by atoms with E-state index in [2.05, 4.69) is 17.0 Å². The molecule has 4 rings (SSSR count). The number of sulfonamides is 1. The van der Waals surface area contributed by atoms with Crippen molar-refractivity contribution in [3.63, 3.8) is 0 Å². The molecule has 0 bridgehead atoms. The number of aryl methyl sites for hydroxylation is 2. The molecule has 0 aliphatic carbocycles. The van der Waals surface area contributed by atoms with Crippen LogP contribution in [0.1, 0.15) is 17.5 Å². The van der Waals surface area contributed by atoms with Crippen LogP contribution in [0.2, 0.25) is 0 Å². The molecule has 2 aliphatic rings. The number of amides is 1. The van der Waals surface area contributed by atoms with Crippen molar-refractivity contribution in [2.45, 2.75) is 24.7 Å². The van der Waals surface area contributed by atoms with E-state index in [0.29, 0.717) is 37.6 Å². The summed E-state index contributed by atoms with van der Waals surface area (Å²) in [5, 5.41) is 0. The van der Waals surface area contributed by atoms with Crippen molar-refractivity contribution in [3.8, 4) is 0 Å². The zero-order chi connectivity index (χ0) is 20.4. The summed E-state index contributed by atoms with van der Waals surface area (Å²) in [4.78, 5) is 17.1. The number of carbonyl (C=O) groups excluding carboxylic acids is 1. The van der Waals surface area contributed by atoms with Crippen molar-refractivity contribution in [3.05, 3.63) is 59.7 Å². The molecule has 7 heteroatoms. The standard InChI is InChI=1S/C22H27N3O3S/c1-18-8-10-20(11-9-18)29(27,28)25-15-13-23(14-16-25)22(26)17-24-12-4-6-19-5-2-3-7-21(19)24/h2-3,5,7-11H,4,6,12-17H2,1H3. The summed E-state index contributed by atoms with van der Waals surface area (Å²) >= 11 is 0. The second kappa shape index (κ2) is 8.16. The van der Waals surface area contributed by atoms with E-state index in [0.717, 1.165) is 30.6 Å². The van der Waals surface area contributed by atoms with E-state index in [4.69, 9.17) is 0 Å². The number of fused-ring (bicyclic) bond motifs is 1. The Bertz CT molecular complexity index is 981. The van der Waals surface area contributed by atoms with Gasteiger partial charge in [0.1, 0.15) is 0 Å². The van der Waals surface area contributed by atoms with Crippen LogP contribution in [-0.2, 0) is 21.2 Å². The van der Waals surface area contributed by atoms with Gasteiger partial charge in [-0.2, -0.15) is 4.31 Å². The maximum Gasteiger partial charge on any atom is 0.243 e. The molecule has 0 radical (unpaired) electrons. The SMILES string of the molecule is Cc1ccc(S(=O)(=O)N2CCN(C(=O)CN3CCCc4ccccc43)CC2)cc1. The number of hydrogen-bond acceptors (Lipinski definition) is 4. The van der Waals surface area contributed by atoms with E-state index in [-0.39, 0.29) is 5.91 Å². The third-order valence-corrected chi connectivity index (χ3v) is 7.70. The Morgan fingerprint density at radius 3 is 2.34 bits per heavy atom. The molecule has 29 heavy (non-hydrogen) atoms. The molecule has 0 aromatic heterocycles. The maximum atomic E-state index is 12.9. The second-order valence-electron chi connectivity index (χ2n) is 7.75. The van der Waals surface area contributed by atoms with Crippen molar-refractivity contribution in [1.29, 1.82) is 0 Å². The molecule has 2 aliphatic heterocycles. The van der Waals surface area contributed by atoms with Gasteiger partial charge in [0, 0.05) is 38.4 Å². The van der Waals surface area contributed by atoms with Crippen molar-refractivity contribution in [2.75, 3.05) is 44.2 Å². The van der Waals surface area contributed by atoms with Crippen LogP contribution in [0.3, 0.4) is 0 Å². The number of carbonyl (C=O) groups is 1. The highest BCUT2D eigenvalue weighted by Gasteiger charge is 2.31. The average Bonchev–Trinajstić information content (AvgIpc) is 2.74. The van der Waals surface area contributed by atoms with Crippen LogP contribution in [0.5, 0.6) is 0 Å². The lowest BCUT2D eigenvalue weighted by molar-refractivity contribution is -0.130. The topological polar surface area (TPSA) is 60.9 Å². The summed E-state index contributed by atoms with van der Waals surface area (Å²) in [7, 11) is -3.51. The monoisotopic (exact) mass is 413 g/mol. The van der Waals surface area contributed by atoms with Gasteiger partial charge in [-0.25, -0.2) is 8.42 Å². The van der Waals surface area contributed by atoms with Gasteiger partial charge < -0.3 is 9.80 Å². The van der Waals surface area contributed by atoms with Gasteiger partial charge in [0.2, 0.25) is 15.9 Å². The normalized spacial score (nSPS) is 17.8. The van der Waals surface area contributed by atoms with Crippen LogP contribution in [-0.4, -0.2) is 62.8 Å². The molecule has 0 N–H and O–H groups in total. The first-order valence-corrected chi connectivity index (χ1v) is 11.6. The molecule has 0 unspecified atom stereocenters. The van der Waals surface area contributed by atoms with Crippen molar-refractivity contribution in [2.24, 2.45) is 0 Å². The predicted molar refractivity (Wildman–Crippen MR) is 113 cm³/mol. The van der Waals surface area contributed by atoms with E-state index in [1.54, 1.807) is 17.0 Å². The molecule has 0 saturated carbocycles. The fraction of sp³-hybridized carbons (Fsp3) is 0.409. The second-order valence-corrected chi connectivity index (χ2v) is 9.69. The largest absolute Gasteiger partial charge is 0.362 e. The summed E-state index contributed by atoms with van der Waals surface area (Å²) in [5.41, 5.74) is 3.46. The number of benzene rings is 2. The molecule has 154 valence electrons. The Kier molecular flexibility index (Phi) is 5.61. The van der Waals surface area contributed by atoms with Gasteiger partial charge >= 0.3 is 0 Å². The lowest BCUT2D eigenvalue weighted by Gasteiger charge is -2.36. The van der Waals surface area contributed by atoms with E-state index >= 15 is 0 Å². The Hall–Kier alpha value is -2.38. The number of piperazine rings is 1. The fourth-order valence-corrected chi connectivity index (χ4v) is 5.50. The first kappa shape index (κ1) is 19.9. The van der Waals surface area contributed by atoms with Crippen LogP contribution in [0, 0.1) is 6.92 Å². The molecule has 1 fully saturated rings. The fourth-order valence-electron chi connectivity index (χ4n) is 4.08. The van der Waals surface area contributed by atoms with Crippen molar-refractivity contribution in [1.82, 2.24) is 9.21 Å². The molecule has 2 aromatic rings. The molecule has 1 amide bonds. The minimum absolute atomic E-state index is 0.0640. The molecule has 6 nitrogen and oxygen atoms in total. The molecular formula is C22H27N3O3S. The molecule has 2 aromatic carbocycles. The van der Waals surface area contributed by atoms with Gasteiger partial charge in [0.15, 0.2) is 0 Å². The highest BCUT2D eigenvalue weighted by atomic mass is 32.2. The zero-order valence-electron chi connectivity index (χ0n) is 16.8. The highest BCUT2D eigenvalue weighted by molar-refractivity contribution is 7.89. The molecular weight excluding hydrogens is 386 g/mol. The van der Waals surface area contributed by atoms with Crippen LogP contribution in [0.25, 0.3) is 0 Å². The van der Waals surface area contributed by atoms with E-state index < -0.39 is 10.0 Å². The van der Waals surface area contributed by atoms with Gasteiger partial charge in [-0.1, -0.05) is 35.9 Å². The third kappa shape index (κ3) is 4.16. The van der Waals surface area contributed by atoms with Crippen molar-refractivity contribution < 1.29 is 13.2 Å². The number of hydrogen-bond donors (Lipinski definition) is 0. The Morgan fingerprint density at radius 1 is 0.931 bits per heavy atom. The van der Waals surface area contributed by atoms with Crippen LogP contribution < -0.4 is 4.90 Å². The van der Waals surface area contributed by atoms with Gasteiger partial charge in [-0.15, -0.1) is 0 Å². The average molecular weight is 414 g/mol. The van der Waals surface area contributed by atoms with Crippen molar-refractivity contribution >= 4 is 21.6 Å². The first-order valence-electron chi connectivity index (χ1n) is 10.1. The van der Waals surface area contributed by atoms with Gasteiger partial charge in [-0.05, 0) is 43.5 Å². The summed E-state index contributed by atoms with van der Waals surface area (Å²) in [6.07, 6.45) is 2.10. The van der Waals surface area contributed by atoms with E-state index in [9.17, 15) is 13.2 Å². The summed E-state index contributed by atoms with van der Waals surface area (Å²) in [6, 6.07) is 15.2. The smallest absolute Gasteiger partial charge is 0.243 e. The van der Waals surface area contributed by atoms with E-state index in [1.807, 2.05) is 31.2 Å². The predicted octanol–water partition coefficient (Wildman–Crippen LogP) is 2.28. The number of anilines is 1. The lowest BCUT2D eigenvalue weighted by atomic mass is 10.0. The minimum Gasteiger partial charge on any atom is -0.362 e.